The number of nitrogens with one attached hydrogen (secondary N) is 2. The summed E-state index contributed by atoms with van der Waals surface area (Å²) in [4.78, 5) is 18.6. The van der Waals surface area contributed by atoms with Crippen molar-refractivity contribution in [1.29, 1.82) is 0 Å². The molecule has 0 spiro atoms. The maximum Gasteiger partial charge on any atom is 0.222 e. The summed E-state index contributed by atoms with van der Waals surface area (Å²) in [5.74, 6) is 2.49. The molecule has 2 aliphatic heterocycles. The molecule has 0 radical (unpaired) electrons. The van der Waals surface area contributed by atoms with Crippen molar-refractivity contribution in [3.05, 3.63) is 53.6 Å². The van der Waals surface area contributed by atoms with Gasteiger partial charge in [0, 0.05) is 44.2 Å². The van der Waals surface area contributed by atoms with Crippen LogP contribution in [0.5, 0.6) is 11.5 Å². The van der Waals surface area contributed by atoms with Crippen molar-refractivity contribution in [2.45, 2.75) is 39.2 Å². The molecule has 33 heavy (non-hydrogen) atoms. The fourth-order valence-corrected chi connectivity index (χ4v) is 3.89. The molecule has 2 aromatic rings. The minimum Gasteiger partial charge on any atom is -0.490 e. The third-order valence-corrected chi connectivity index (χ3v) is 5.75. The van der Waals surface area contributed by atoms with E-state index in [0.717, 1.165) is 56.1 Å². The van der Waals surface area contributed by atoms with Gasteiger partial charge in [0.1, 0.15) is 0 Å². The van der Waals surface area contributed by atoms with Crippen molar-refractivity contribution in [3.63, 3.8) is 0 Å². The molecule has 7 nitrogen and oxygen atoms in total. The molecule has 4 rings (SSSR count). The minimum absolute atomic E-state index is 0. The van der Waals surface area contributed by atoms with Crippen molar-refractivity contribution in [1.82, 2.24) is 10.2 Å². The number of ether oxygens (including phenoxy) is 2. The number of fused-ring (bicyclic) bond motifs is 1. The lowest BCUT2D eigenvalue weighted by atomic mass is 10.1. The zero-order chi connectivity index (χ0) is 22.2. The maximum atomic E-state index is 11.8. The number of halogens is 1. The maximum absolute atomic E-state index is 11.8. The summed E-state index contributed by atoms with van der Waals surface area (Å²) in [5.41, 5.74) is 3.30. The van der Waals surface area contributed by atoms with Gasteiger partial charge in [0.15, 0.2) is 17.5 Å². The number of carbonyl (C=O) groups is 1. The Balaban J connectivity index is 0.00000306. The van der Waals surface area contributed by atoms with Crippen LogP contribution >= 0.6 is 24.0 Å². The second-order valence-corrected chi connectivity index (χ2v) is 8.19. The van der Waals surface area contributed by atoms with Crippen LogP contribution in [0.15, 0.2) is 47.5 Å². The van der Waals surface area contributed by atoms with E-state index < -0.39 is 0 Å². The van der Waals surface area contributed by atoms with Gasteiger partial charge in [0.05, 0.1) is 19.8 Å². The first kappa shape index (κ1) is 25.1. The molecule has 0 unspecified atom stereocenters. The Hall–Kier alpha value is -2.49. The number of nitrogens with zero attached hydrogens (tertiary/aromatic N) is 2. The van der Waals surface area contributed by atoms with Gasteiger partial charge in [-0.25, -0.2) is 4.99 Å². The molecule has 2 N–H and O–H groups in total. The van der Waals surface area contributed by atoms with E-state index in [-0.39, 0.29) is 29.9 Å². The summed E-state index contributed by atoms with van der Waals surface area (Å²) in [6.07, 6.45) is 3.41. The third kappa shape index (κ3) is 7.25. The number of hydrogen-bond donors (Lipinski definition) is 2. The highest BCUT2D eigenvalue weighted by Gasteiger charge is 2.19. The normalized spacial score (nSPS) is 15.6. The van der Waals surface area contributed by atoms with Gasteiger partial charge in [0.25, 0.3) is 0 Å². The molecule has 178 valence electrons. The Bertz CT molecular complexity index is 966. The molecule has 0 bridgehead atoms. The van der Waals surface area contributed by atoms with Crippen molar-refractivity contribution >= 4 is 41.5 Å². The average molecular weight is 564 g/mol. The third-order valence-electron chi connectivity index (χ3n) is 5.75. The Kier molecular flexibility index (Phi) is 9.65. The smallest absolute Gasteiger partial charge is 0.222 e. The molecular weight excluding hydrogens is 531 g/mol. The van der Waals surface area contributed by atoms with Crippen LogP contribution in [0.4, 0.5) is 5.69 Å². The second-order valence-electron chi connectivity index (χ2n) is 8.19. The average Bonchev–Trinajstić information content (AvgIpc) is 3.06. The predicted molar refractivity (Wildman–Crippen MR) is 142 cm³/mol. The lowest BCUT2D eigenvalue weighted by molar-refractivity contribution is -0.127. The predicted octanol–water partition coefficient (Wildman–Crippen LogP) is 4.34. The second kappa shape index (κ2) is 12.7. The number of likely N-dealkylation sites (tertiary alicyclic amines) is 1. The van der Waals surface area contributed by atoms with Gasteiger partial charge in [0.2, 0.25) is 5.91 Å². The van der Waals surface area contributed by atoms with E-state index in [0.29, 0.717) is 32.1 Å². The molecular formula is C25H33IN4O3. The van der Waals surface area contributed by atoms with Crippen molar-refractivity contribution in [2.24, 2.45) is 4.99 Å². The number of rotatable bonds is 7. The summed E-state index contributed by atoms with van der Waals surface area (Å²) >= 11 is 0. The van der Waals surface area contributed by atoms with Gasteiger partial charge in [-0.1, -0.05) is 24.3 Å². The van der Waals surface area contributed by atoms with Gasteiger partial charge < -0.3 is 25.0 Å². The summed E-state index contributed by atoms with van der Waals surface area (Å²) < 4.78 is 11.6. The molecule has 8 heteroatoms. The number of benzene rings is 2. The molecule has 2 heterocycles. The Morgan fingerprint density at radius 1 is 1.09 bits per heavy atom. The van der Waals surface area contributed by atoms with E-state index in [1.807, 2.05) is 35.2 Å². The monoisotopic (exact) mass is 564 g/mol. The lowest BCUT2D eigenvalue weighted by Crippen LogP contribution is -2.34. The highest BCUT2D eigenvalue weighted by atomic mass is 127. The van der Waals surface area contributed by atoms with Crippen LogP contribution in [-0.4, -0.2) is 49.6 Å². The van der Waals surface area contributed by atoms with E-state index in [4.69, 9.17) is 14.5 Å². The van der Waals surface area contributed by atoms with Crippen LogP contribution in [0.2, 0.25) is 0 Å². The standard InChI is InChI=1S/C25H32N4O3.HI/c1-19-7-2-3-8-20(19)18-27-25(26-12-5-14-29-13-4-9-24(29)30)28-21-10-11-22-23(17-21)32-16-6-15-31-22;/h2-3,7-8,10-11,17H,4-6,9,12-16,18H2,1H3,(H2,26,27,28);1H. The lowest BCUT2D eigenvalue weighted by Gasteiger charge is -2.17. The summed E-state index contributed by atoms with van der Waals surface area (Å²) in [6.45, 7) is 6.39. The molecule has 0 saturated carbocycles. The zero-order valence-corrected chi connectivity index (χ0v) is 21.5. The number of guanidine groups is 1. The number of aliphatic imine (C=N–C) groups is 1. The molecule has 1 fully saturated rings. The van der Waals surface area contributed by atoms with Crippen molar-refractivity contribution in [3.8, 4) is 11.5 Å². The molecule has 2 aromatic carbocycles. The Morgan fingerprint density at radius 3 is 2.70 bits per heavy atom. The van der Waals surface area contributed by atoms with Gasteiger partial charge in [-0.3, -0.25) is 4.79 Å². The fraction of sp³-hybridized carbons (Fsp3) is 0.440. The zero-order valence-electron chi connectivity index (χ0n) is 19.1. The number of amides is 1. The van der Waals surface area contributed by atoms with E-state index in [1.54, 1.807) is 0 Å². The van der Waals surface area contributed by atoms with Gasteiger partial charge in [-0.15, -0.1) is 24.0 Å². The van der Waals surface area contributed by atoms with E-state index >= 15 is 0 Å². The van der Waals surface area contributed by atoms with E-state index in [1.165, 1.54) is 11.1 Å². The SMILES string of the molecule is Cc1ccccc1CN=C(NCCCN1CCCC1=O)Nc1ccc2c(c1)OCCCO2.I. The Morgan fingerprint density at radius 2 is 1.91 bits per heavy atom. The van der Waals surface area contributed by atoms with Crippen molar-refractivity contribution in [2.75, 3.05) is 38.2 Å². The van der Waals surface area contributed by atoms with Gasteiger partial charge in [-0.2, -0.15) is 0 Å². The van der Waals surface area contributed by atoms with Gasteiger partial charge in [-0.05, 0) is 43.0 Å². The summed E-state index contributed by atoms with van der Waals surface area (Å²) in [6, 6.07) is 14.1. The van der Waals surface area contributed by atoms with Crippen LogP contribution in [0, 0.1) is 6.92 Å². The van der Waals surface area contributed by atoms with E-state index in [2.05, 4.69) is 29.7 Å². The van der Waals surface area contributed by atoms with Crippen LogP contribution in [0.1, 0.15) is 36.8 Å². The highest BCUT2D eigenvalue weighted by Crippen LogP contribution is 2.32. The molecule has 0 aliphatic carbocycles. The van der Waals surface area contributed by atoms with E-state index in [9.17, 15) is 4.79 Å². The number of carbonyl (C=O) groups excluding carboxylic acids is 1. The highest BCUT2D eigenvalue weighted by molar-refractivity contribution is 14.0. The first-order chi connectivity index (χ1) is 15.7. The minimum atomic E-state index is 0. The first-order valence-electron chi connectivity index (χ1n) is 11.5. The molecule has 1 amide bonds. The topological polar surface area (TPSA) is 75.2 Å². The van der Waals surface area contributed by atoms with Crippen LogP contribution in [-0.2, 0) is 11.3 Å². The van der Waals surface area contributed by atoms with Crippen LogP contribution in [0.3, 0.4) is 0 Å². The quantitative estimate of drug-likeness (QED) is 0.227. The molecule has 1 saturated heterocycles. The van der Waals surface area contributed by atoms with Crippen LogP contribution < -0.4 is 20.1 Å². The van der Waals surface area contributed by atoms with Crippen molar-refractivity contribution < 1.29 is 14.3 Å². The molecule has 2 aliphatic rings. The van der Waals surface area contributed by atoms with Gasteiger partial charge >= 0.3 is 0 Å². The molecule has 0 atom stereocenters. The Labute approximate surface area is 213 Å². The number of aryl methyl sites for hydroxylation is 1. The number of anilines is 1. The summed E-state index contributed by atoms with van der Waals surface area (Å²) in [7, 11) is 0. The molecule has 0 aromatic heterocycles. The first-order valence-corrected chi connectivity index (χ1v) is 11.5. The van der Waals surface area contributed by atoms with Crippen LogP contribution in [0.25, 0.3) is 0 Å². The number of hydrogen-bond acceptors (Lipinski definition) is 4. The fourth-order valence-electron chi connectivity index (χ4n) is 3.89. The summed E-state index contributed by atoms with van der Waals surface area (Å²) in [5, 5.41) is 6.82. The largest absolute Gasteiger partial charge is 0.490 e.